The van der Waals surface area contributed by atoms with Crippen LogP contribution in [0.4, 0.5) is 0 Å². The highest BCUT2D eigenvalue weighted by molar-refractivity contribution is 7.57. The summed E-state index contributed by atoms with van der Waals surface area (Å²) < 4.78 is 12.3. The van der Waals surface area contributed by atoms with E-state index in [4.69, 9.17) is 0 Å². The van der Waals surface area contributed by atoms with Gasteiger partial charge >= 0.3 is 0 Å². The number of amides is 2. The summed E-state index contributed by atoms with van der Waals surface area (Å²) in [5.41, 5.74) is 1.71. The quantitative estimate of drug-likeness (QED) is 0.467. The molecule has 0 aliphatic carbocycles. The van der Waals surface area contributed by atoms with Crippen molar-refractivity contribution in [1.29, 1.82) is 0 Å². The van der Waals surface area contributed by atoms with Crippen LogP contribution in [0.5, 0.6) is 0 Å². The SMILES string of the molecule is O=C1c2ccccc2C(=O)N1CCCCP(=O)(O)Cc1ccccc1. The molecule has 1 aliphatic rings. The number of imide groups is 1. The average molecular weight is 357 g/mol. The number of nitrogens with zero attached hydrogens (tertiary/aromatic N) is 1. The molecule has 2 aromatic carbocycles. The van der Waals surface area contributed by atoms with Crippen LogP contribution in [0.3, 0.4) is 0 Å². The summed E-state index contributed by atoms with van der Waals surface area (Å²) in [5, 5.41) is 0. The molecule has 0 saturated heterocycles. The number of carbonyl (C=O) groups excluding carboxylic acids is 2. The molecular formula is C19H20NO4P. The van der Waals surface area contributed by atoms with Crippen molar-refractivity contribution < 1.29 is 19.0 Å². The molecule has 0 aromatic heterocycles. The summed E-state index contributed by atoms with van der Waals surface area (Å²) in [6, 6.07) is 16.0. The Bertz CT molecular complexity index is 799. The fraction of sp³-hybridized carbons (Fsp3) is 0.263. The van der Waals surface area contributed by atoms with Crippen molar-refractivity contribution in [2.24, 2.45) is 0 Å². The van der Waals surface area contributed by atoms with E-state index in [-0.39, 0.29) is 30.7 Å². The van der Waals surface area contributed by atoms with Crippen LogP contribution in [-0.2, 0) is 10.7 Å². The van der Waals surface area contributed by atoms with E-state index in [0.717, 1.165) is 5.56 Å². The number of benzene rings is 2. The van der Waals surface area contributed by atoms with Gasteiger partial charge in [0.1, 0.15) is 0 Å². The number of hydrogen-bond acceptors (Lipinski definition) is 3. The lowest BCUT2D eigenvalue weighted by Crippen LogP contribution is -2.30. The van der Waals surface area contributed by atoms with Crippen molar-refractivity contribution in [3.8, 4) is 0 Å². The molecule has 25 heavy (non-hydrogen) atoms. The normalized spacial score (nSPS) is 16.0. The monoisotopic (exact) mass is 357 g/mol. The Kier molecular flexibility index (Phi) is 5.16. The zero-order valence-corrected chi connectivity index (χ0v) is 14.7. The van der Waals surface area contributed by atoms with Gasteiger partial charge in [-0.25, -0.2) is 0 Å². The number of rotatable bonds is 7. The molecule has 2 aromatic rings. The van der Waals surface area contributed by atoms with Gasteiger partial charge in [0.05, 0.1) is 11.1 Å². The molecule has 0 saturated carbocycles. The van der Waals surface area contributed by atoms with Crippen molar-refractivity contribution in [1.82, 2.24) is 4.90 Å². The second-order valence-electron chi connectivity index (χ2n) is 6.23. The maximum atomic E-state index is 12.3. The molecule has 0 spiro atoms. The minimum Gasteiger partial charge on any atom is -0.344 e. The Morgan fingerprint density at radius 2 is 1.40 bits per heavy atom. The second kappa shape index (κ2) is 7.34. The minimum absolute atomic E-state index is 0.154. The standard InChI is InChI=1S/C19H20NO4P/c21-18-16-10-4-5-11-17(16)19(22)20(18)12-6-7-13-25(23,24)14-15-8-2-1-3-9-15/h1-5,8-11H,6-7,12-14H2,(H,23,24). The van der Waals surface area contributed by atoms with Crippen molar-refractivity contribution >= 4 is 19.2 Å². The van der Waals surface area contributed by atoms with Crippen LogP contribution < -0.4 is 0 Å². The van der Waals surface area contributed by atoms with Gasteiger partial charge in [-0.3, -0.25) is 19.1 Å². The zero-order chi connectivity index (χ0) is 17.9. The third-order valence-electron chi connectivity index (χ3n) is 4.29. The predicted octanol–water partition coefficient (Wildman–Crippen LogP) is 3.53. The van der Waals surface area contributed by atoms with E-state index >= 15 is 0 Å². The summed E-state index contributed by atoms with van der Waals surface area (Å²) >= 11 is 0. The number of unbranched alkanes of at least 4 members (excludes halogenated alkanes) is 1. The number of hydrogen-bond donors (Lipinski definition) is 1. The van der Waals surface area contributed by atoms with Crippen molar-refractivity contribution in [2.45, 2.75) is 19.0 Å². The zero-order valence-electron chi connectivity index (χ0n) is 13.8. The molecule has 2 amide bonds. The fourth-order valence-corrected chi connectivity index (χ4v) is 4.68. The summed E-state index contributed by atoms with van der Waals surface area (Å²) in [6.45, 7) is 0.275. The Hall–Kier alpha value is -2.23. The summed E-state index contributed by atoms with van der Waals surface area (Å²) in [5.74, 6) is -0.561. The van der Waals surface area contributed by atoms with Crippen LogP contribution in [-0.4, -0.2) is 34.3 Å². The molecule has 130 valence electrons. The van der Waals surface area contributed by atoms with Gasteiger partial charge in [-0.2, -0.15) is 0 Å². The van der Waals surface area contributed by atoms with Gasteiger partial charge in [-0.1, -0.05) is 42.5 Å². The number of fused-ring (bicyclic) bond motifs is 1. The fourth-order valence-electron chi connectivity index (χ4n) is 3.02. The average Bonchev–Trinajstić information content (AvgIpc) is 2.84. The van der Waals surface area contributed by atoms with Gasteiger partial charge in [0.25, 0.3) is 11.8 Å². The Labute approximate surface area is 146 Å². The molecule has 5 nitrogen and oxygen atoms in total. The van der Waals surface area contributed by atoms with E-state index in [2.05, 4.69) is 0 Å². The van der Waals surface area contributed by atoms with Gasteiger partial charge in [-0.15, -0.1) is 0 Å². The van der Waals surface area contributed by atoms with Crippen LogP contribution in [0.2, 0.25) is 0 Å². The predicted molar refractivity (Wildman–Crippen MR) is 95.9 cm³/mol. The van der Waals surface area contributed by atoms with Crippen LogP contribution in [0, 0.1) is 0 Å². The van der Waals surface area contributed by atoms with Gasteiger partial charge < -0.3 is 4.89 Å². The molecule has 0 radical (unpaired) electrons. The molecule has 0 bridgehead atoms. The maximum absolute atomic E-state index is 12.3. The van der Waals surface area contributed by atoms with E-state index in [1.165, 1.54) is 4.90 Å². The Balaban J connectivity index is 1.50. The highest BCUT2D eigenvalue weighted by atomic mass is 31.2. The lowest BCUT2D eigenvalue weighted by molar-refractivity contribution is 0.0652. The molecule has 3 rings (SSSR count). The maximum Gasteiger partial charge on any atom is 0.261 e. The second-order valence-corrected chi connectivity index (χ2v) is 8.68. The van der Waals surface area contributed by atoms with Crippen LogP contribution in [0.25, 0.3) is 0 Å². The summed E-state index contributed by atoms with van der Waals surface area (Å²) in [4.78, 5) is 35.8. The molecule has 1 heterocycles. The van der Waals surface area contributed by atoms with Gasteiger partial charge in [0.15, 0.2) is 0 Å². The van der Waals surface area contributed by atoms with E-state index in [9.17, 15) is 19.0 Å². The topological polar surface area (TPSA) is 74.7 Å². The molecular weight excluding hydrogens is 337 g/mol. The highest BCUT2D eigenvalue weighted by Crippen LogP contribution is 2.45. The van der Waals surface area contributed by atoms with Gasteiger partial charge in [-0.05, 0) is 30.5 Å². The largest absolute Gasteiger partial charge is 0.344 e. The van der Waals surface area contributed by atoms with Gasteiger partial charge in [0, 0.05) is 18.9 Å². The molecule has 6 heteroatoms. The van der Waals surface area contributed by atoms with Crippen LogP contribution in [0.1, 0.15) is 39.1 Å². The molecule has 1 N–H and O–H groups in total. The minimum atomic E-state index is -3.25. The van der Waals surface area contributed by atoms with Crippen LogP contribution in [0.15, 0.2) is 54.6 Å². The van der Waals surface area contributed by atoms with E-state index in [0.29, 0.717) is 24.0 Å². The smallest absolute Gasteiger partial charge is 0.261 e. The van der Waals surface area contributed by atoms with Crippen molar-refractivity contribution in [2.75, 3.05) is 12.7 Å². The highest BCUT2D eigenvalue weighted by Gasteiger charge is 2.34. The molecule has 1 aliphatic heterocycles. The summed E-state index contributed by atoms with van der Waals surface area (Å²) in [7, 11) is -3.25. The lowest BCUT2D eigenvalue weighted by atomic mass is 10.1. The first-order valence-electron chi connectivity index (χ1n) is 8.28. The Morgan fingerprint density at radius 1 is 0.840 bits per heavy atom. The van der Waals surface area contributed by atoms with E-state index in [1.54, 1.807) is 24.3 Å². The molecule has 0 fully saturated rings. The number of carbonyl (C=O) groups is 2. The van der Waals surface area contributed by atoms with Crippen molar-refractivity contribution in [3.63, 3.8) is 0 Å². The first-order valence-corrected chi connectivity index (χ1v) is 10.3. The third kappa shape index (κ3) is 4.06. The first-order chi connectivity index (χ1) is 12.0. The van der Waals surface area contributed by atoms with Gasteiger partial charge in [0.2, 0.25) is 7.37 Å². The van der Waals surface area contributed by atoms with E-state index < -0.39 is 7.37 Å². The van der Waals surface area contributed by atoms with Crippen molar-refractivity contribution in [3.05, 3.63) is 71.3 Å². The lowest BCUT2D eigenvalue weighted by Gasteiger charge is -2.15. The first kappa shape index (κ1) is 17.6. The Morgan fingerprint density at radius 3 is 2.00 bits per heavy atom. The van der Waals surface area contributed by atoms with E-state index in [1.807, 2.05) is 30.3 Å². The third-order valence-corrected chi connectivity index (χ3v) is 6.16. The molecule has 1 unspecified atom stereocenters. The molecule has 1 atom stereocenters. The van der Waals surface area contributed by atoms with Crippen LogP contribution >= 0.6 is 7.37 Å². The summed E-state index contributed by atoms with van der Waals surface area (Å²) in [6.07, 6.45) is 1.35.